The summed E-state index contributed by atoms with van der Waals surface area (Å²) in [7, 11) is -2.29. The largest absolute Gasteiger partial charge is 0.546 e. The smallest absolute Gasteiger partial charge is 0.489 e. The molecule has 0 saturated carbocycles. The van der Waals surface area contributed by atoms with Gasteiger partial charge in [-0.25, -0.2) is 0 Å². The van der Waals surface area contributed by atoms with Gasteiger partial charge in [-0.1, -0.05) is 24.3 Å². The summed E-state index contributed by atoms with van der Waals surface area (Å²) in [6.07, 6.45) is 0.432. The van der Waals surface area contributed by atoms with Gasteiger partial charge in [0.1, 0.15) is 18.1 Å². The summed E-state index contributed by atoms with van der Waals surface area (Å²) in [6.45, 7) is 1.95. The highest BCUT2D eigenvalue weighted by atomic mass is 31.1. The summed E-state index contributed by atoms with van der Waals surface area (Å²) in [5.41, 5.74) is 1.88. The number of ether oxygens (including phenoxy) is 1. The molecule has 1 unspecified atom stereocenters. The predicted molar refractivity (Wildman–Crippen MR) is 81.1 cm³/mol. The SMILES string of the molecule is CC(=O)Cc1ccc(OCc2ccc([P+](=O)O)cc2)cc1. The van der Waals surface area contributed by atoms with Crippen molar-refractivity contribution in [1.29, 1.82) is 0 Å². The predicted octanol–water partition coefficient (Wildman–Crippen LogP) is 2.76. The lowest BCUT2D eigenvalue weighted by molar-refractivity contribution is -0.116. The molecule has 2 aromatic carbocycles. The van der Waals surface area contributed by atoms with E-state index in [1.807, 2.05) is 24.3 Å². The third kappa shape index (κ3) is 4.78. The van der Waals surface area contributed by atoms with Gasteiger partial charge in [-0.15, -0.1) is 0 Å². The Morgan fingerprint density at radius 2 is 1.62 bits per heavy atom. The van der Waals surface area contributed by atoms with Gasteiger partial charge in [0.15, 0.2) is 0 Å². The van der Waals surface area contributed by atoms with Crippen molar-refractivity contribution in [3.05, 3.63) is 59.7 Å². The van der Waals surface area contributed by atoms with E-state index in [0.717, 1.165) is 16.9 Å². The molecule has 2 rings (SSSR count). The van der Waals surface area contributed by atoms with Gasteiger partial charge in [-0.2, -0.15) is 4.89 Å². The first-order valence-electron chi connectivity index (χ1n) is 6.51. The Kier molecular flexibility index (Phi) is 5.20. The Labute approximate surface area is 124 Å². The standard InChI is InChI=1S/C16H15O4P/c1-12(17)10-13-2-6-15(7-3-13)20-11-14-4-8-16(9-5-14)21(18)19/h2-9H,10-11H2,1H3/p+1. The Hall–Kier alpha value is -2.03. The Balaban J connectivity index is 1.93. The van der Waals surface area contributed by atoms with Crippen molar-refractivity contribution in [3.8, 4) is 5.75 Å². The van der Waals surface area contributed by atoms with Gasteiger partial charge in [0.05, 0.1) is 0 Å². The van der Waals surface area contributed by atoms with Crippen molar-refractivity contribution in [2.75, 3.05) is 0 Å². The molecule has 0 spiro atoms. The van der Waals surface area contributed by atoms with Crippen LogP contribution in [0.25, 0.3) is 0 Å². The zero-order chi connectivity index (χ0) is 15.2. The first-order chi connectivity index (χ1) is 10.0. The van der Waals surface area contributed by atoms with E-state index < -0.39 is 8.03 Å². The molecular weight excluding hydrogens is 287 g/mol. The van der Waals surface area contributed by atoms with Gasteiger partial charge in [0, 0.05) is 6.42 Å². The zero-order valence-electron chi connectivity index (χ0n) is 11.7. The van der Waals surface area contributed by atoms with Gasteiger partial charge in [-0.3, -0.25) is 4.79 Å². The van der Waals surface area contributed by atoms with Crippen molar-refractivity contribution in [2.24, 2.45) is 0 Å². The van der Waals surface area contributed by atoms with Crippen molar-refractivity contribution in [2.45, 2.75) is 20.0 Å². The van der Waals surface area contributed by atoms with Crippen molar-refractivity contribution >= 4 is 19.1 Å². The van der Waals surface area contributed by atoms with Crippen LogP contribution in [-0.4, -0.2) is 10.7 Å². The molecule has 1 N–H and O–H groups in total. The number of hydrogen-bond donors (Lipinski definition) is 1. The molecule has 108 valence electrons. The average Bonchev–Trinajstić information content (AvgIpc) is 2.46. The number of rotatable bonds is 6. The fraction of sp³-hybridized carbons (Fsp3) is 0.188. The number of hydrogen-bond acceptors (Lipinski definition) is 3. The van der Waals surface area contributed by atoms with Crippen molar-refractivity contribution < 1.29 is 19.0 Å². The maximum absolute atomic E-state index is 11.0. The topological polar surface area (TPSA) is 63.6 Å². The van der Waals surface area contributed by atoms with Gasteiger partial charge >= 0.3 is 8.03 Å². The van der Waals surface area contributed by atoms with Crippen LogP contribution in [0, 0.1) is 0 Å². The Morgan fingerprint density at radius 3 is 2.14 bits per heavy atom. The van der Waals surface area contributed by atoms with Crippen LogP contribution in [0.4, 0.5) is 0 Å². The Morgan fingerprint density at radius 1 is 1.05 bits per heavy atom. The summed E-state index contributed by atoms with van der Waals surface area (Å²) < 4.78 is 16.5. The molecule has 0 radical (unpaired) electrons. The number of carbonyl (C=O) groups excluding carboxylic acids is 1. The second-order valence-electron chi connectivity index (χ2n) is 4.75. The Bertz CT molecular complexity index is 632. The van der Waals surface area contributed by atoms with Crippen LogP contribution in [-0.2, 0) is 22.4 Å². The normalized spacial score (nSPS) is 11.0. The molecule has 2 aromatic rings. The highest BCUT2D eigenvalue weighted by molar-refractivity contribution is 7.47. The highest BCUT2D eigenvalue weighted by Crippen LogP contribution is 2.16. The first-order valence-corrected chi connectivity index (χ1v) is 7.72. The van der Waals surface area contributed by atoms with Gasteiger partial charge in [0.25, 0.3) is 0 Å². The summed E-state index contributed by atoms with van der Waals surface area (Å²) in [6, 6.07) is 14.2. The fourth-order valence-electron chi connectivity index (χ4n) is 1.88. The van der Waals surface area contributed by atoms with Crippen LogP contribution in [0.15, 0.2) is 48.5 Å². The van der Waals surface area contributed by atoms with Gasteiger partial charge in [0.2, 0.25) is 5.30 Å². The van der Waals surface area contributed by atoms with Crippen LogP contribution in [0.5, 0.6) is 5.75 Å². The summed E-state index contributed by atoms with van der Waals surface area (Å²) in [5, 5.41) is 0.405. The molecular formula is C16H16O4P+. The fourth-order valence-corrected chi connectivity index (χ4v) is 2.28. The summed E-state index contributed by atoms with van der Waals surface area (Å²) in [4.78, 5) is 20.0. The van der Waals surface area contributed by atoms with Gasteiger partial charge in [-0.05, 0) is 46.9 Å². The maximum atomic E-state index is 11.0. The molecule has 0 amide bonds. The molecule has 0 bridgehead atoms. The number of Topliss-reactive ketones (excluding diaryl/α,β-unsaturated/α-hetero) is 1. The average molecular weight is 303 g/mol. The second-order valence-corrected chi connectivity index (χ2v) is 5.81. The zero-order valence-corrected chi connectivity index (χ0v) is 12.5. The molecule has 5 heteroatoms. The maximum Gasteiger partial charge on any atom is 0.546 e. The molecule has 0 aliphatic heterocycles. The minimum Gasteiger partial charge on any atom is -0.489 e. The second kappa shape index (κ2) is 7.11. The molecule has 0 saturated heterocycles. The number of carbonyl (C=O) groups is 1. The third-order valence-electron chi connectivity index (χ3n) is 2.94. The number of benzene rings is 2. The van der Waals surface area contributed by atoms with E-state index in [1.54, 1.807) is 31.2 Å². The summed E-state index contributed by atoms with van der Waals surface area (Å²) >= 11 is 0. The lowest BCUT2D eigenvalue weighted by Gasteiger charge is -2.07. The molecule has 0 aromatic heterocycles. The molecule has 0 aliphatic rings. The van der Waals surface area contributed by atoms with Crippen LogP contribution in [0.1, 0.15) is 18.1 Å². The van der Waals surface area contributed by atoms with E-state index in [9.17, 15) is 9.36 Å². The molecule has 0 fully saturated rings. The molecule has 1 atom stereocenters. The first kappa shape index (κ1) is 15.4. The molecule has 4 nitrogen and oxygen atoms in total. The molecule has 21 heavy (non-hydrogen) atoms. The quantitative estimate of drug-likeness (QED) is 0.833. The molecule has 0 heterocycles. The van der Waals surface area contributed by atoms with Crippen LogP contribution >= 0.6 is 8.03 Å². The van der Waals surface area contributed by atoms with E-state index in [0.29, 0.717) is 18.3 Å². The van der Waals surface area contributed by atoms with Crippen LogP contribution in [0.3, 0.4) is 0 Å². The van der Waals surface area contributed by atoms with E-state index in [2.05, 4.69) is 0 Å². The molecule has 0 aliphatic carbocycles. The van der Waals surface area contributed by atoms with Crippen molar-refractivity contribution in [1.82, 2.24) is 0 Å². The third-order valence-corrected chi connectivity index (χ3v) is 3.68. The lowest BCUT2D eigenvalue weighted by atomic mass is 10.1. The van der Waals surface area contributed by atoms with E-state index in [-0.39, 0.29) is 5.78 Å². The summed E-state index contributed by atoms with van der Waals surface area (Å²) in [5.74, 6) is 0.852. The highest BCUT2D eigenvalue weighted by Gasteiger charge is 2.14. The number of ketones is 1. The van der Waals surface area contributed by atoms with E-state index in [4.69, 9.17) is 9.63 Å². The van der Waals surface area contributed by atoms with Crippen molar-refractivity contribution in [3.63, 3.8) is 0 Å². The minimum atomic E-state index is -2.29. The van der Waals surface area contributed by atoms with Gasteiger partial charge < -0.3 is 4.74 Å². The lowest BCUT2D eigenvalue weighted by Crippen LogP contribution is -2.00. The van der Waals surface area contributed by atoms with Crippen LogP contribution < -0.4 is 10.0 Å². The van der Waals surface area contributed by atoms with Crippen LogP contribution in [0.2, 0.25) is 0 Å². The van der Waals surface area contributed by atoms with E-state index >= 15 is 0 Å². The monoisotopic (exact) mass is 303 g/mol. The van der Waals surface area contributed by atoms with E-state index in [1.165, 1.54) is 0 Å². The minimum absolute atomic E-state index is 0.131.